The Kier molecular flexibility index (Phi) is 5.39. The fourth-order valence-corrected chi connectivity index (χ4v) is 4.23. The Hall–Kier alpha value is -3.07. The van der Waals surface area contributed by atoms with Crippen LogP contribution in [0.25, 0.3) is 11.1 Å². The molecule has 0 amide bonds. The highest BCUT2D eigenvalue weighted by atomic mass is 32.1. The first kappa shape index (κ1) is 19.3. The Labute approximate surface area is 175 Å². The molecule has 2 heterocycles. The average Bonchev–Trinajstić information content (AvgIpc) is 3.41. The third-order valence-electron chi connectivity index (χ3n) is 5.26. The number of nitrogens with zero attached hydrogens (tertiary/aromatic N) is 4. The van der Waals surface area contributed by atoms with Gasteiger partial charge in [0.05, 0.1) is 16.5 Å². The van der Waals surface area contributed by atoms with Gasteiger partial charge in [-0.05, 0) is 52.3 Å². The molecule has 0 saturated heterocycles. The highest BCUT2D eigenvalue weighted by Crippen LogP contribution is 2.33. The van der Waals surface area contributed by atoms with Crippen molar-refractivity contribution in [2.24, 2.45) is 10.1 Å². The zero-order valence-corrected chi connectivity index (χ0v) is 17.5. The zero-order valence-electron chi connectivity index (χ0n) is 16.7. The number of hydrogen-bond acceptors (Lipinski definition) is 4. The molecule has 0 aliphatic carbocycles. The van der Waals surface area contributed by atoms with Crippen molar-refractivity contribution in [2.45, 2.75) is 26.2 Å². The maximum absolute atomic E-state index is 9.40. The summed E-state index contributed by atoms with van der Waals surface area (Å²) >= 11 is 1.67. The number of nitriles is 1. The second-order valence-electron chi connectivity index (χ2n) is 7.20. The highest BCUT2D eigenvalue weighted by Gasteiger charge is 2.39. The highest BCUT2D eigenvalue weighted by molar-refractivity contribution is 7.12. The van der Waals surface area contributed by atoms with Gasteiger partial charge < -0.3 is 0 Å². The molecule has 1 aliphatic heterocycles. The van der Waals surface area contributed by atoms with Crippen LogP contribution in [-0.2, 0) is 0 Å². The average molecular weight is 400 g/mol. The molecular formula is C24H23N4S+. The van der Waals surface area contributed by atoms with Crippen LogP contribution in [0.1, 0.15) is 36.6 Å². The van der Waals surface area contributed by atoms with E-state index >= 15 is 0 Å². The maximum atomic E-state index is 9.40. The molecule has 0 radical (unpaired) electrons. The Morgan fingerprint density at radius 1 is 1.03 bits per heavy atom. The van der Waals surface area contributed by atoms with E-state index in [1.165, 1.54) is 0 Å². The lowest BCUT2D eigenvalue weighted by atomic mass is 10.00. The van der Waals surface area contributed by atoms with Crippen molar-refractivity contribution >= 4 is 28.7 Å². The lowest BCUT2D eigenvalue weighted by molar-refractivity contribution is 0.519. The molecule has 4 nitrogen and oxygen atoms in total. The van der Waals surface area contributed by atoms with Gasteiger partial charge in [0.15, 0.2) is 5.69 Å². The fourth-order valence-electron chi connectivity index (χ4n) is 3.58. The van der Waals surface area contributed by atoms with Gasteiger partial charge in [0.25, 0.3) is 0 Å². The van der Waals surface area contributed by atoms with Crippen molar-refractivity contribution in [2.75, 3.05) is 7.05 Å². The van der Waals surface area contributed by atoms with E-state index < -0.39 is 0 Å². The summed E-state index contributed by atoms with van der Waals surface area (Å²) in [5.74, 6) is 1.88. The predicted molar refractivity (Wildman–Crippen MR) is 122 cm³/mol. The smallest absolute Gasteiger partial charge is 0.192 e. The number of unbranched alkanes of at least 4 members (excludes halogenated alkanes) is 1. The molecule has 0 saturated carbocycles. The van der Waals surface area contributed by atoms with Crippen LogP contribution in [0.15, 0.2) is 76.1 Å². The molecule has 2 aromatic carbocycles. The molecule has 0 bridgehead atoms. The van der Waals surface area contributed by atoms with Crippen LogP contribution in [0.3, 0.4) is 0 Å². The minimum absolute atomic E-state index is 0.355. The van der Waals surface area contributed by atoms with Crippen LogP contribution in [0, 0.1) is 11.3 Å². The summed E-state index contributed by atoms with van der Waals surface area (Å²) < 4.78 is 0.355. The number of rotatable bonds is 6. The van der Waals surface area contributed by atoms with Gasteiger partial charge in [0.2, 0.25) is 11.7 Å². The van der Waals surface area contributed by atoms with Crippen molar-refractivity contribution in [3.63, 3.8) is 0 Å². The molecule has 5 heteroatoms. The molecule has 1 aliphatic rings. The Balaban J connectivity index is 1.72. The number of amidine groups is 2. The minimum Gasteiger partial charge on any atom is -0.192 e. The predicted octanol–water partition coefficient (Wildman–Crippen LogP) is 6.19. The van der Waals surface area contributed by atoms with Crippen LogP contribution < -0.4 is 4.59 Å². The molecule has 1 unspecified atom stereocenters. The topological polar surface area (TPSA) is 48.5 Å². The standard InChI is InChI=1S/C24H23N4S/c1-3-4-11-23-26-24(22-10-7-16-29-22)27-28(23,2)20-14-12-18(13-15-20)21-9-6-5-8-19(21)17-25/h5-10,12-16H,3-4,11H2,1-2H3/q+1. The lowest BCUT2D eigenvalue weighted by Crippen LogP contribution is -2.43. The first-order valence-electron chi connectivity index (χ1n) is 9.84. The van der Waals surface area contributed by atoms with Gasteiger partial charge in [0.1, 0.15) is 7.05 Å². The van der Waals surface area contributed by atoms with Gasteiger partial charge >= 0.3 is 0 Å². The van der Waals surface area contributed by atoms with E-state index in [9.17, 15) is 5.26 Å². The van der Waals surface area contributed by atoms with Crippen molar-refractivity contribution in [1.29, 1.82) is 5.26 Å². The number of benzene rings is 2. The van der Waals surface area contributed by atoms with Crippen LogP contribution in [0.2, 0.25) is 0 Å². The summed E-state index contributed by atoms with van der Waals surface area (Å²) in [7, 11) is 2.10. The van der Waals surface area contributed by atoms with Gasteiger partial charge in [-0.2, -0.15) is 10.3 Å². The second kappa shape index (κ2) is 8.12. The first-order valence-corrected chi connectivity index (χ1v) is 10.7. The van der Waals surface area contributed by atoms with Gasteiger partial charge in [-0.3, -0.25) is 0 Å². The number of hydrogen-bond donors (Lipinski definition) is 0. The van der Waals surface area contributed by atoms with Gasteiger partial charge in [-0.1, -0.05) is 37.6 Å². The molecular weight excluding hydrogens is 376 g/mol. The Morgan fingerprint density at radius 2 is 1.83 bits per heavy atom. The monoisotopic (exact) mass is 399 g/mol. The number of aliphatic imine (C=N–C) groups is 1. The van der Waals surface area contributed by atoms with E-state index in [1.54, 1.807) is 11.3 Å². The number of quaternary nitrogens is 1. The normalized spacial score (nSPS) is 18.2. The zero-order chi connectivity index (χ0) is 20.3. The molecule has 1 atom stereocenters. The second-order valence-corrected chi connectivity index (χ2v) is 8.14. The molecule has 3 aromatic rings. The van der Waals surface area contributed by atoms with Crippen LogP contribution in [-0.4, -0.2) is 18.7 Å². The molecule has 0 spiro atoms. The first-order chi connectivity index (χ1) is 14.2. The van der Waals surface area contributed by atoms with Crippen LogP contribution in [0.4, 0.5) is 5.69 Å². The number of thiophene rings is 1. The molecule has 0 fully saturated rings. The summed E-state index contributed by atoms with van der Waals surface area (Å²) in [5, 5.41) is 16.5. The van der Waals surface area contributed by atoms with Crippen molar-refractivity contribution in [1.82, 2.24) is 4.59 Å². The molecule has 1 aromatic heterocycles. The molecule has 29 heavy (non-hydrogen) atoms. The summed E-state index contributed by atoms with van der Waals surface area (Å²) in [6.07, 6.45) is 3.13. The third-order valence-corrected chi connectivity index (χ3v) is 6.12. The minimum atomic E-state index is 0.355. The largest absolute Gasteiger partial charge is 0.236 e. The third kappa shape index (κ3) is 3.65. The Bertz CT molecular complexity index is 1100. The molecule has 144 valence electrons. The SMILES string of the molecule is CCCCC1=NC(c2cccs2)=N[N+]1(C)c1ccc(-c2ccccc2C#N)cc1. The summed E-state index contributed by atoms with van der Waals surface area (Å²) in [6, 6.07) is 22.4. The summed E-state index contributed by atoms with van der Waals surface area (Å²) in [5.41, 5.74) is 3.74. The van der Waals surface area contributed by atoms with Gasteiger partial charge in [-0.25, -0.2) is 0 Å². The maximum Gasteiger partial charge on any atom is 0.236 e. The van der Waals surface area contributed by atoms with Crippen molar-refractivity contribution in [3.8, 4) is 17.2 Å². The quantitative estimate of drug-likeness (QED) is 0.456. The lowest BCUT2D eigenvalue weighted by Gasteiger charge is -2.24. The van der Waals surface area contributed by atoms with E-state index in [0.717, 1.165) is 52.6 Å². The van der Waals surface area contributed by atoms with Gasteiger partial charge in [0, 0.05) is 18.6 Å². The van der Waals surface area contributed by atoms with E-state index in [2.05, 4.69) is 55.8 Å². The fraction of sp³-hybridized carbons (Fsp3) is 0.208. The van der Waals surface area contributed by atoms with E-state index in [1.807, 2.05) is 30.3 Å². The van der Waals surface area contributed by atoms with Crippen molar-refractivity contribution < 1.29 is 0 Å². The molecule has 4 rings (SSSR count). The van der Waals surface area contributed by atoms with E-state index in [4.69, 9.17) is 10.1 Å². The van der Waals surface area contributed by atoms with E-state index in [0.29, 0.717) is 10.2 Å². The Morgan fingerprint density at radius 3 is 2.52 bits per heavy atom. The summed E-state index contributed by atoms with van der Waals surface area (Å²) in [4.78, 5) is 6.01. The van der Waals surface area contributed by atoms with Crippen LogP contribution >= 0.6 is 11.3 Å². The van der Waals surface area contributed by atoms with Crippen molar-refractivity contribution in [3.05, 3.63) is 76.5 Å². The summed E-state index contributed by atoms with van der Waals surface area (Å²) in [6.45, 7) is 2.20. The molecule has 0 N–H and O–H groups in total. The van der Waals surface area contributed by atoms with Crippen LogP contribution in [0.5, 0.6) is 0 Å². The van der Waals surface area contributed by atoms with Gasteiger partial charge in [-0.15, -0.1) is 15.9 Å². The van der Waals surface area contributed by atoms with E-state index in [-0.39, 0.29) is 0 Å².